The predicted molar refractivity (Wildman–Crippen MR) is 77.9 cm³/mol. The van der Waals surface area contributed by atoms with Crippen molar-refractivity contribution in [2.45, 2.75) is 39.7 Å². The average Bonchev–Trinajstić information content (AvgIpc) is 2.37. The number of nitrogens with zero attached hydrogens (tertiary/aromatic N) is 1. The van der Waals surface area contributed by atoms with Crippen LogP contribution in [0.5, 0.6) is 0 Å². The van der Waals surface area contributed by atoms with Crippen molar-refractivity contribution in [1.82, 2.24) is 4.90 Å². The first-order valence-corrected chi connectivity index (χ1v) is 6.97. The molecule has 0 fully saturated rings. The lowest BCUT2D eigenvalue weighted by Crippen LogP contribution is -2.39. The van der Waals surface area contributed by atoms with Crippen LogP contribution in [0.15, 0.2) is 24.3 Å². The van der Waals surface area contributed by atoms with Gasteiger partial charge in [-0.05, 0) is 36.9 Å². The molecule has 1 rings (SSSR count). The molecule has 0 aromatic heterocycles. The molecule has 102 valence electrons. The quantitative estimate of drug-likeness (QED) is 0.803. The molecule has 0 radical (unpaired) electrons. The zero-order valence-electron chi connectivity index (χ0n) is 12.2. The second-order valence-corrected chi connectivity index (χ2v) is 5.39. The van der Waals surface area contributed by atoms with Crippen molar-refractivity contribution >= 4 is 0 Å². The van der Waals surface area contributed by atoms with Crippen molar-refractivity contribution in [2.75, 3.05) is 20.2 Å². The van der Waals surface area contributed by atoms with E-state index in [4.69, 9.17) is 0 Å². The van der Waals surface area contributed by atoms with Gasteiger partial charge in [-0.2, -0.15) is 0 Å². The summed E-state index contributed by atoms with van der Waals surface area (Å²) in [5, 5.41) is 9.39. The molecule has 1 N–H and O–H groups in total. The molecule has 1 atom stereocenters. The first kappa shape index (κ1) is 15.2. The summed E-state index contributed by atoms with van der Waals surface area (Å²) in [5.74, 6) is 0.488. The summed E-state index contributed by atoms with van der Waals surface area (Å²) in [6.45, 7) is 7.73. The van der Waals surface area contributed by atoms with Crippen LogP contribution in [0.3, 0.4) is 0 Å². The third kappa shape index (κ3) is 4.43. The fraction of sp³-hybridized carbons (Fsp3) is 0.625. The van der Waals surface area contributed by atoms with E-state index in [1.807, 2.05) is 0 Å². The van der Waals surface area contributed by atoms with Crippen molar-refractivity contribution in [2.24, 2.45) is 5.92 Å². The van der Waals surface area contributed by atoms with E-state index in [-0.39, 0.29) is 12.6 Å². The Labute approximate surface area is 112 Å². The van der Waals surface area contributed by atoms with Crippen molar-refractivity contribution in [3.05, 3.63) is 35.4 Å². The number of likely N-dealkylation sites (N-methyl/N-ethyl adjacent to an activating group) is 1. The Morgan fingerprint density at radius 1 is 1.11 bits per heavy atom. The van der Waals surface area contributed by atoms with Gasteiger partial charge in [-0.15, -0.1) is 0 Å². The predicted octanol–water partition coefficient (Wildman–Crippen LogP) is 2.74. The number of hydrogen-bond acceptors (Lipinski definition) is 2. The maximum Gasteiger partial charge on any atom is 0.0589 e. The van der Waals surface area contributed by atoms with Crippen molar-refractivity contribution in [1.29, 1.82) is 0 Å². The highest BCUT2D eigenvalue weighted by molar-refractivity contribution is 5.22. The van der Waals surface area contributed by atoms with E-state index in [9.17, 15) is 5.11 Å². The van der Waals surface area contributed by atoms with E-state index in [1.54, 1.807) is 0 Å². The monoisotopic (exact) mass is 249 g/mol. The van der Waals surface area contributed by atoms with E-state index in [0.717, 1.165) is 19.4 Å². The number of benzene rings is 1. The largest absolute Gasteiger partial charge is 0.395 e. The third-order valence-electron chi connectivity index (χ3n) is 3.71. The highest BCUT2D eigenvalue weighted by Crippen LogP contribution is 2.11. The second-order valence-electron chi connectivity index (χ2n) is 5.39. The summed E-state index contributed by atoms with van der Waals surface area (Å²) in [5.41, 5.74) is 2.77. The molecule has 0 spiro atoms. The Kier molecular flexibility index (Phi) is 6.37. The SMILES string of the molecule is CCc1ccc(CCN(C)C(CO)C(C)C)cc1. The minimum Gasteiger partial charge on any atom is -0.395 e. The zero-order valence-corrected chi connectivity index (χ0v) is 12.2. The number of rotatable bonds is 7. The minimum absolute atomic E-state index is 0.239. The van der Waals surface area contributed by atoms with E-state index >= 15 is 0 Å². The lowest BCUT2D eigenvalue weighted by molar-refractivity contribution is 0.114. The van der Waals surface area contributed by atoms with Crippen LogP contribution < -0.4 is 0 Å². The van der Waals surface area contributed by atoms with Crippen molar-refractivity contribution < 1.29 is 5.11 Å². The zero-order chi connectivity index (χ0) is 13.5. The summed E-state index contributed by atoms with van der Waals surface area (Å²) in [4.78, 5) is 2.26. The van der Waals surface area contributed by atoms with Crippen LogP contribution >= 0.6 is 0 Å². The van der Waals surface area contributed by atoms with Gasteiger partial charge < -0.3 is 10.0 Å². The molecule has 0 saturated carbocycles. The van der Waals surface area contributed by atoms with Crippen molar-refractivity contribution in [3.8, 4) is 0 Å². The third-order valence-corrected chi connectivity index (χ3v) is 3.71. The van der Waals surface area contributed by atoms with Gasteiger partial charge >= 0.3 is 0 Å². The van der Waals surface area contributed by atoms with Gasteiger partial charge in [-0.1, -0.05) is 45.0 Å². The Hall–Kier alpha value is -0.860. The molecule has 0 bridgehead atoms. The Morgan fingerprint density at radius 2 is 1.67 bits per heavy atom. The lowest BCUT2D eigenvalue weighted by Gasteiger charge is -2.29. The van der Waals surface area contributed by atoms with Crippen LogP contribution in [0.2, 0.25) is 0 Å². The van der Waals surface area contributed by atoms with Gasteiger partial charge in [0.1, 0.15) is 0 Å². The van der Waals surface area contributed by atoms with Crippen LogP contribution in [-0.2, 0) is 12.8 Å². The highest BCUT2D eigenvalue weighted by Gasteiger charge is 2.16. The van der Waals surface area contributed by atoms with Crippen LogP contribution in [0.4, 0.5) is 0 Å². The molecule has 2 nitrogen and oxygen atoms in total. The van der Waals surface area contributed by atoms with Crippen molar-refractivity contribution in [3.63, 3.8) is 0 Å². The Balaban J connectivity index is 2.48. The van der Waals surface area contributed by atoms with Gasteiger partial charge in [0, 0.05) is 12.6 Å². The van der Waals surface area contributed by atoms with Crippen LogP contribution in [0.1, 0.15) is 31.9 Å². The summed E-state index contributed by atoms with van der Waals surface area (Å²) in [7, 11) is 2.10. The number of aliphatic hydroxyl groups excluding tert-OH is 1. The molecule has 0 saturated heterocycles. The van der Waals surface area contributed by atoms with Crippen LogP contribution in [0, 0.1) is 5.92 Å². The fourth-order valence-electron chi connectivity index (χ4n) is 2.27. The summed E-state index contributed by atoms with van der Waals surface area (Å²) >= 11 is 0. The van der Waals surface area contributed by atoms with Gasteiger partial charge in [-0.3, -0.25) is 0 Å². The van der Waals surface area contributed by atoms with Gasteiger partial charge in [-0.25, -0.2) is 0 Å². The molecule has 0 aliphatic carbocycles. The number of aliphatic hydroxyl groups is 1. The average molecular weight is 249 g/mol. The molecular weight excluding hydrogens is 222 g/mol. The van der Waals surface area contributed by atoms with E-state index in [0.29, 0.717) is 5.92 Å². The van der Waals surface area contributed by atoms with Crippen LogP contribution in [-0.4, -0.2) is 36.2 Å². The molecule has 18 heavy (non-hydrogen) atoms. The highest BCUT2D eigenvalue weighted by atomic mass is 16.3. The van der Waals surface area contributed by atoms with Gasteiger partial charge in [0.2, 0.25) is 0 Å². The number of hydrogen-bond donors (Lipinski definition) is 1. The second kappa shape index (κ2) is 7.55. The standard InChI is InChI=1S/C16H27NO/c1-5-14-6-8-15(9-7-14)10-11-17(4)16(12-18)13(2)3/h6-9,13,16,18H,5,10-12H2,1-4H3. The van der Waals surface area contributed by atoms with E-state index < -0.39 is 0 Å². The minimum atomic E-state index is 0.239. The first-order valence-electron chi connectivity index (χ1n) is 6.97. The molecular formula is C16H27NO. The molecule has 0 heterocycles. The topological polar surface area (TPSA) is 23.5 Å². The Morgan fingerprint density at radius 3 is 2.11 bits per heavy atom. The molecule has 0 aliphatic rings. The lowest BCUT2D eigenvalue weighted by atomic mass is 10.0. The van der Waals surface area contributed by atoms with E-state index in [2.05, 4.69) is 57.0 Å². The van der Waals surface area contributed by atoms with Gasteiger partial charge in [0.05, 0.1) is 6.61 Å². The Bertz CT molecular complexity index is 331. The first-order chi connectivity index (χ1) is 8.58. The van der Waals surface area contributed by atoms with Gasteiger partial charge in [0.15, 0.2) is 0 Å². The molecule has 0 aliphatic heterocycles. The normalized spacial score (nSPS) is 13.3. The molecule has 2 heteroatoms. The molecule has 1 unspecified atom stereocenters. The summed E-state index contributed by atoms with van der Waals surface area (Å²) in [6.07, 6.45) is 2.14. The summed E-state index contributed by atoms with van der Waals surface area (Å²) in [6, 6.07) is 9.12. The maximum atomic E-state index is 9.39. The number of aryl methyl sites for hydroxylation is 1. The van der Waals surface area contributed by atoms with Gasteiger partial charge in [0.25, 0.3) is 0 Å². The fourth-order valence-corrected chi connectivity index (χ4v) is 2.27. The summed E-state index contributed by atoms with van der Waals surface area (Å²) < 4.78 is 0. The smallest absolute Gasteiger partial charge is 0.0589 e. The van der Waals surface area contributed by atoms with E-state index in [1.165, 1.54) is 11.1 Å². The molecule has 0 amide bonds. The van der Waals surface area contributed by atoms with Crippen LogP contribution in [0.25, 0.3) is 0 Å². The maximum absolute atomic E-state index is 9.39. The molecule has 1 aromatic rings. The molecule has 1 aromatic carbocycles.